The van der Waals surface area contributed by atoms with Gasteiger partial charge in [0.2, 0.25) is 0 Å². The van der Waals surface area contributed by atoms with Crippen molar-refractivity contribution in [3.8, 4) is 5.75 Å². The first-order valence-electron chi connectivity index (χ1n) is 6.34. The Bertz CT molecular complexity index is 386. The zero-order valence-corrected chi connectivity index (χ0v) is 10.9. The van der Waals surface area contributed by atoms with E-state index in [4.69, 9.17) is 16.3 Å². The van der Waals surface area contributed by atoms with E-state index in [2.05, 4.69) is 0 Å². The monoisotopic (exact) mass is 256 g/mol. The molecule has 0 atom stereocenters. The molecule has 0 heterocycles. The number of rotatable bonds is 3. The zero-order chi connectivity index (χ0) is 12.3. The van der Waals surface area contributed by atoms with Gasteiger partial charge in [-0.1, -0.05) is 36.9 Å². The molecule has 17 heavy (non-hydrogen) atoms. The van der Waals surface area contributed by atoms with Crippen molar-refractivity contribution in [2.75, 3.05) is 6.61 Å². The molecule has 0 aliphatic heterocycles. The van der Waals surface area contributed by atoms with E-state index in [9.17, 15) is 4.39 Å². The van der Waals surface area contributed by atoms with Gasteiger partial charge in [-0.2, -0.15) is 0 Å². The molecular weight excluding hydrogens is 239 g/mol. The molecular formula is C14H18ClFO. The molecule has 0 spiro atoms. The van der Waals surface area contributed by atoms with Crippen LogP contribution in [-0.4, -0.2) is 6.61 Å². The smallest absolute Gasteiger partial charge is 0.183 e. The van der Waals surface area contributed by atoms with Crippen molar-refractivity contribution in [1.82, 2.24) is 0 Å². The quantitative estimate of drug-likeness (QED) is 0.745. The van der Waals surface area contributed by atoms with Crippen LogP contribution in [0.5, 0.6) is 5.75 Å². The van der Waals surface area contributed by atoms with E-state index in [-0.39, 0.29) is 10.8 Å². The predicted octanol–water partition coefficient (Wildman–Crippen LogP) is 4.93. The molecule has 0 N–H and O–H groups in total. The number of halogens is 2. The topological polar surface area (TPSA) is 9.23 Å². The summed E-state index contributed by atoms with van der Waals surface area (Å²) in [6, 6.07) is 3.63. The van der Waals surface area contributed by atoms with Crippen LogP contribution in [0, 0.1) is 5.82 Å². The van der Waals surface area contributed by atoms with Crippen molar-refractivity contribution >= 4 is 11.6 Å². The normalized spacial score (nSPS) is 17.1. The molecule has 94 valence electrons. The highest BCUT2D eigenvalue weighted by atomic mass is 35.5. The Balaban J connectivity index is 2.26. The van der Waals surface area contributed by atoms with Crippen molar-refractivity contribution in [1.29, 1.82) is 0 Å². The predicted molar refractivity (Wildman–Crippen MR) is 68.4 cm³/mol. The Labute approximate surface area is 107 Å². The molecule has 0 aromatic heterocycles. The molecule has 1 saturated carbocycles. The minimum Gasteiger partial charge on any atom is -0.491 e. The lowest BCUT2D eigenvalue weighted by Crippen LogP contribution is -2.06. The molecule has 0 radical (unpaired) electrons. The zero-order valence-electron chi connectivity index (χ0n) is 10.1. The lowest BCUT2D eigenvalue weighted by Gasteiger charge is -2.23. The lowest BCUT2D eigenvalue weighted by atomic mass is 9.84. The van der Waals surface area contributed by atoms with E-state index >= 15 is 0 Å². The summed E-state index contributed by atoms with van der Waals surface area (Å²) in [7, 11) is 0. The summed E-state index contributed by atoms with van der Waals surface area (Å²) < 4.78 is 19.1. The number of ether oxygens (including phenoxy) is 1. The van der Waals surface area contributed by atoms with Crippen molar-refractivity contribution in [3.05, 3.63) is 28.5 Å². The standard InChI is InChI=1S/C14H18ClFO/c1-2-17-12-9-8-11(13(15)14(12)16)10-6-4-3-5-7-10/h8-10H,2-7H2,1H3. The molecule has 1 fully saturated rings. The third-order valence-electron chi connectivity index (χ3n) is 3.42. The van der Waals surface area contributed by atoms with Crippen LogP contribution in [0.15, 0.2) is 12.1 Å². The van der Waals surface area contributed by atoms with E-state index in [0.29, 0.717) is 12.5 Å². The summed E-state index contributed by atoms with van der Waals surface area (Å²) in [5.74, 6) is 0.273. The Hall–Kier alpha value is -0.760. The van der Waals surface area contributed by atoms with Gasteiger partial charge in [0.25, 0.3) is 0 Å². The van der Waals surface area contributed by atoms with Crippen LogP contribution in [0.3, 0.4) is 0 Å². The Morgan fingerprint density at radius 1 is 1.29 bits per heavy atom. The molecule has 0 amide bonds. The Morgan fingerprint density at radius 3 is 2.65 bits per heavy atom. The van der Waals surface area contributed by atoms with Gasteiger partial charge < -0.3 is 4.74 Å². The molecule has 1 aliphatic carbocycles. The first-order valence-corrected chi connectivity index (χ1v) is 6.72. The third-order valence-corrected chi connectivity index (χ3v) is 3.81. The summed E-state index contributed by atoms with van der Waals surface area (Å²) in [5, 5.41) is 0.253. The maximum atomic E-state index is 13.9. The fraction of sp³-hybridized carbons (Fsp3) is 0.571. The largest absolute Gasteiger partial charge is 0.491 e. The maximum absolute atomic E-state index is 13.9. The van der Waals surface area contributed by atoms with Gasteiger partial charge >= 0.3 is 0 Å². The van der Waals surface area contributed by atoms with Crippen LogP contribution in [-0.2, 0) is 0 Å². The van der Waals surface area contributed by atoms with Crippen molar-refractivity contribution < 1.29 is 9.13 Å². The van der Waals surface area contributed by atoms with Gasteiger partial charge in [0, 0.05) is 0 Å². The van der Waals surface area contributed by atoms with Crippen LogP contribution < -0.4 is 4.74 Å². The molecule has 0 saturated heterocycles. The van der Waals surface area contributed by atoms with Gasteiger partial charge in [-0.3, -0.25) is 0 Å². The molecule has 1 aromatic carbocycles. The highest BCUT2D eigenvalue weighted by Crippen LogP contribution is 2.39. The second kappa shape index (κ2) is 5.72. The highest BCUT2D eigenvalue weighted by Gasteiger charge is 2.21. The third kappa shape index (κ3) is 2.74. The second-order valence-corrected chi connectivity index (χ2v) is 4.93. The number of hydrogen-bond acceptors (Lipinski definition) is 1. The van der Waals surface area contributed by atoms with E-state index in [1.807, 2.05) is 13.0 Å². The van der Waals surface area contributed by atoms with E-state index < -0.39 is 5.82 Å². The molecule has 0 unspecified atom stereocenters. The molecule has 1 aliphatic rings. The number of hydrogen-bond donors (Lipinski definition) is 0. The van der Waals surface area contributed by atoms with Crippen LogP contribution in [0.25, 0.3) is 0 Å². The Kier molecular flexibility index (Phi) is 4.27. The van der Waals surface area contributed by atoms with Crippen LogP contribution >= 0.6 is 11.6 Å². The second-order valence-electron chi connectivity index (χ2n) is 4.55. The van der Waals surface area contributed by atoms with E-state index in [1.165, 1.54) is 19.3 Å². The van der Waals surface area contributed by atoms with E-state index in [1.54, 1.807) is 6.07 Å². The van der Waals surface area contributed by atoms with Gasteiger partial charge in [-0.25, -0.2) is 4.39 Å². The summed E-state index contributed by atoms with van der Waals surface area (Å²) in [6.07, 6.45) is 5.96. The van der Waals surface area contributed by atoms with Gasteiger partial charge in [0.15, 0.2) is 11.6 Å². The van der Waals surface area contributed by atoms with E-state index in [0.717, 1.165) is 18.4 Å². The SMILES string of the molecule is CCOc1ccc(C2CCCCC2)c(Cl)c1F. The summed E-state index contributed by atoms with van der Waals surface area (Å²) in [6.45, 7) is 2.29. The van der Waals surface area contributed by atoms with Gasteiger partial charge in [-0.05, 0) is 37.3 Å². The molecule has 3 heteroatoms. The fourth-order valence-electron chi connectivity index (χ4n) is 2.54. The van der Waals surface area contributed by atoms with Crippen LogP contribution in [0.4, 0.5) is 4.39 Å². The van der Waals surface area contributed by atoms with Crippen molar-refractivity contribution in [3.63, 3.8) is 0 Å². The summed E-state index contributed by atoms with van der Waals surface area (Å²) in [5.41, 5.74) is 0.951. The van der Waals surface area contributed by atoms with Gasteiger partial charge in [-0.15, -0.1) is 0 Å². The molecule has 1 aromatic rings. The number of benzene rings is 1. The molecule has 1 nitrogen and oxygen atoms in total. The van der Waals surface area contributed by atoms with Crippen LogP contribution in [0.2, 0.25) is 5.02 Å². The summed E-state index contributed by atoms with van der Waals surface area (Å²) in [4.78, 5) is 0. The van der Waals surface area contributed by atoms with Crippen molar-refractivity contribution in [2.45, 2.75) is 44.9 Å². The van der Waals surface area contributed by atoms with Crippen LogP contribution in [0.1, 0.15) is 50.5 Å². The average Bonchev–Trinajstić information content (AvgIpc) is 2.36. The fourth-order valence-corrected chi connectivity index (χ4v) is 2.85. The molecule has 2 rings (SSSR count). The first kappa shape index (κ1) is 12.7. The summed E-state index contributed by atoms with van der Waals surface area (Å²) >= 11 is 6.11. The average molecular weight is 257 g/mol. The first-order chi connectivity index (χ1) is 8.24. The molecule has 0 bridgehead atoms. The lowest BCUT2D eigenvalue weighted by molar-refractivity contribution is 0.321. The van der Waals surface area contributed by atoms with Gasteiger partial charge in [0.1, 0.15) is 0 Å². The van der Waals surface area contributed by atoms with Gasteiger partial charge in [0.05, 0.1) is 11.6 Å². The minimum atomic E-state index is -0.406. The minimum absolute atomic E-state index is 0.253. The van der Waals surface area contributed by atoms with Crippen molar-refractivity contribution in [2.24, 2.45) is 0 Å². The highest BCUT2D eigenvalue weighted by molar-refractivity contribution is 6.31. The Morgan fingerprint density at radius 2 is 2.00 bits per heavy atom. The maximum Gasteiger partial charge on any atom is 0.183 e.